The van der Waals surface area contributed by atoms with E-state index in [2.05, 4.69) is 26.3 Å². The highest BCUT2D eigenvalue weighted by molar-refractivity contribution is 5.97. The van der Waals surface area contributed by atoms with Gasteiger partial charge < -0.3 is 9.80 Å². The van der Waals surface area contributed by atoms with E-state index in [1.165, 1.54) is 5.57 Å². The first-order valence-electron chi connectivity index (χ1n) is 6.84. The van der Waals surface area contributed by atoms with Gasteiger partial charge in [-0.15, -0.1) is 0 Å². The number of rotatable bonds is 2. The maximum absolute atomic E-state index is 12.0. The molecule has 96 valence electrons. The minimum absolute atomic E-state index is 0.402. The largest absolute Gasteiger partial charge is 0.320 e. The maximum atomic E-state index is 12.0. The molecule has 1 aliphatic heterocycles. The predicted molar refractivity (Wildman–Crippen MR) is 69.8 cm³/mol. The molecule has 3 nitrogen and oxygen atoms in total. The highest BCUT2D eigenvalue weighted by atomic mass is 16.1. The van der Waals surface area contributed by atoms with Gasteiger partial charge in [-0.2, -0.15) is 0 Å². The summed E-state index contributed by atoms with van der Waals surface area (Å²) in [6, 6.07) is 0.503. The van der Waals surface area contributed by atoms with Crippen LogP contribution in [0.5, 0.6) is 0 Å². The standard InChI is InChI=1S/C14H25N2O/c1-4-11-12(6-5-7-14(11)17)13-10-15-8-9-16(13,2)3/h13,15H,4-10H2,1-3H3/q+1. The van der Waals surface area contributed by atoms with Gasteiger partial charge in [0.15, 0.2) is 5.78 Å². The Bertz CT molecular complexity index is 344. The zero-order valence-electron chi connectivity index (χ0n) is 11.4. The quantitative estimate of drug-likeness (QED) is 0.737. The summed E-state index contributed by atoms with van der Waals surface area (Å²) in [5, 5.41) is 3.49. The number of quaternary nitrogens is 1. The molecule has 1 saturated heterocycles. The van der Waals surface area contributed by atoms with Crippen molar-refractivity contribution in [2.24, 2.45) is 0 Å². The van der Waals surface area contributed by atoms with E-state index in [-0.39, 0.29) is 0 Å². The smallest absolute Gasteiger partial charge is 0.159 e. The van der Waals surface area contributed by atoms with Gasteiger partial charge >= 0.3 is 0 Å². The zero-order valence-corrected chi connectivity index (χ0v) is 11.4. The molecule has 2 aliphatic rings. The van der Waals surface area contributed by atoms with Crippen LogP contribution in [0.3, 0.4) is 0 Å². The van der Waals surface area contributed by atoms with Crippen molar-refractivity contribution in [1.82, 2.24) is 5.32 Å². The average molecular weight is 237 g/mol. The van der Waals surface area contributed by atoms with E-state index in [0.29, 0.717) is 11.8 Å². The molecule has 0 aromatic carbocycles. The second-order valence-electron chi connectivity index (χ2n) is 5.86. The number of likely N-dealkylation sites (N-methyl/N-ethyl adjacent to an activating group) is 1. The second-order valence-corrected chi connectivity index (χ2v) is 5.86. The molecule has 1 heterocycles. The van der Waals surface area contributed by atoms with Gasteiger partial charge in [-0.05, 0) is 30.4 Å². The Balaban J connectivity index is 2.33. The van der Waals surface area contributed by atoms with Gasteiger partial charge in [-0.1, -0.05) is 6.92 Å². The number of carbonyl (C=O) groups excluding carboxylic acids is 1. The van der Waals surface area contributed by atoms with Crippen molar-refractivity contribution >= 4 is 5.78 Å². The molecule has 0 radical (unpaired) electrons. The summed E-state index contributed by atoms with van der Waals surface area (Å²) in [4.78, 5) is 12.0. The number of hydrogen-bond donors (Lipinski definition) is 1. The number of allylic oxidation sites excluding steroid dienone is 1. The summed E-state index contributed by atoms with van der Waals surface area (Å²) >= 11 is 0. The molecule has 17 heavy (non-hydrogen) atoms. The summed E-state index contributed by atoms with van der Waals surface area (Å²) in [6.07, 6.45) is 3.85. The normalized spacial score (nSPS) is 29.6. The number of nitrogens with one attached hydrogen (secondary N) is 1. The number of nitrogens with zero attached hydrogens (tertiary/aromatic N) is 1. The van der Waals surface area contributed by atoms with Gasteiger partial charge in [0.2, 0.25) is 0 Å². The lowest BCUT2D eigenvalue weighted by molar-refractivity contribution is -0.911. The van der Waals surface area contributed by atoms with E-state index in [0.717, 1.165) is 55.4 Å². The first-order chi connectivity index (χ1) is 8.06. The minimum Gasteiger partial charge on any atom is -0.320 e. The Morgan fingerprint density at radius 2 is 2.12 bits per heavy atom. The van der Waals surface area contributed by atoms with E-state index >= 15 is 0 Å². The van der Waals surface area contributed by atoms with Crippen LogP contribution in [0.2, 0.25) is 0 Å². The van der Waals surface area contributed by atoms with Crippen LogP contribution in [-0.2, 0) is 4.79 Å². The third-order valence-electron chi connectivity index (χ3n) is 4.38. The lowest BCUT2D eigenvalue weighted by Gasteiger charge is -2.44. The lowest BCUT2D eigenvalue weighted by Crippen LogP contribution is -2.61. The molecule has 0 aromatic rings. The minimum atomic E-state index is 0.402. The summed E-state index contributed by atoms with van der Waals surface area (Å²) in [7, 11) is 4.59. The molecule has 1 N–H and O–H groups in total. The Morgan fingerprint density at radius 3 is 2.76 bits per heavy atom. The van der Waals surface area contributed by atoms with E-state index in [1.54, 1.807) is 0 Å². The third-order valence-corrected chi connectivity index (χ3v) is 4.38. The molecule has 0 amide bonds. The topological polar surface area (TPSA) is 29.1 Å². The van der Waals surface area contributed by atoms with Crippen LogP contribution in [0.25, 0.3) is 0 Å². The van der Waals surface area contributed by atoms with Crippen molar-refractivity contribution in [2.75, 3.05) is 33.7 Å². The third kappa shape index (κ3) is 2.45. The average Bonchev–Trinajstić information content (AvgIpc) is 2.28. The Kier molecular flexibility index (Phi) is 3.69. The number of Topliss-reactive ketones (excluding diaryl/α,β-unsaturated/α-hetero) is 1. The molecular formula is C14H25N2O+. The van der Waals surface area contributed by atoms with Gasteiger partial charge in [-0.3, -0.25) is 4.79 Å². The summed E-state index contributed by atoms with van der Waals surface area (Å²) in [5.41, 5.74) is 2.58. The van der Waals surface area contributed by atoms with Gasteiger partial charge in [0.25, 0.3) is 0 Å². The van der Waals surface area contributed by atoms with Crippen molar-refractivity contribution < 1.29 is 9.28 Å². The summed E-state index contributed by atoms with van der Waals surface area (Å²) < 4.78 is 1.03. The molecular weight excluding hydrogens is 212 g/mol. The van der Waals surface area contributed by atoms with Gasteiger partial charge in [0.1, 0.15) is 6.04 Å². The van der Waals surface area contributed by atoms with Gasteiger partial charge in [-0.25, -0.2) is 0 Å². The molecule has 2 rings (SSSR count). The maximum Gasteiger partial charge on any atom is 0.159 e. The number of carbonyl (C=O) groups is 1. The van der Waals surface area contributed by atoms with E-state index in [4.69, 9.17) is 0 Å². The predicted octanol–water partition coefficient (Wildman–Crippen LogP) is 1.49. The molecule has 1 aliphatic carbocycles. The second kappa shape index (κ2) is 4.91. The van der Waals surface area contributed by atoms with Crippen LogP contribution in [0.15, 0.2) is 11.1 Å². The van der Waals surface area contributed by atoms with Crippen molar-refractivity contribution in [3.8, 4) is 0 Å². The monoisotopic (exact) mass is 237 g/mol. The number of ketones is 1. The first kappa shape index (κ1) is 12.8. The van der Waals surface area contributed by atoms with E-state index in [1.807, 2.05) is 0 Å². The molecule has 0 saturated carbocycles. The fourth-order valence-corrected chi connectivity index (χ4v) is 3.27. The van der Waals surface area contributed by atoms with Crippen LogP contribution in [-0.4, -0.2) is 50.0 Å². The van der Waals surface area contributed by atoms with E-state index in [9.17, 15) is 4.79 Å². The SMILES string of the molecule is CCC1=C(C2CNCC[N+]2(C)C)CCCC1=O. The van der Waals surface area contributed by atoms with Crippen molar-refractivity contribution in [1.29, 1.82) is 0 Å². The zero-order chi connectivity index (χ0) is 12.5. The van der Waals surface area contributed by atoms with Crippen molar-refractivity contribution in [3.63, 3.8) is 0 Å². The summed E-state index contributed by atoms with van der Waals surface area (Å²) in [6.45, 7) is 5.39. The Hall–Kier alpha value is -0.670. The number of hydrogen-bond acceptors (Lipinski definition) is 2. The van der Waals surface area contributed by atoms with Crippen LogP contribution < -0.4 is 5.32 Å². The highest BCUT2D eigenvalue weighted by Crippen LogP contribution is 2.31. The van der Waals surface area contributed by atoms with Crippen LogP contribution in [0.1, 0.15) is 32.6 Å². The molecule has 1 atom stereocenters. The molecule has 1 unspecified atom stereocenters. The van der Waals surface area contributed by atoms with Crippen LogP contribution in [0.4, 0.5) is 0 Å². The van der Waals surface area contributed by atoms with Crippen molar-refractivity contribution in [2.45, 2.75) is 38.6 Å². The molecule has 0 spiro atoms. The Labute approximate surface area is 104 Å². The van der Waals surface area contributed by atoms with Crippen LogP contribution in [0, 0.1) is 0 Å². The van der Waals surface area contributed by atoms with Crippen molar-refractivity contribution in [3.05, 3.63) is 11.1 Å². The molecule has 0 aromatic heterocycles. The van der Waals surface area contributed by atoms with Crippen LogP contribution >= 0.6 is 0 Å². The fraction of sp³-hybridized carbons (Fsp3) is 0.786. The lowest BCUT2D eigenvalue weighted by atomic mass is 9.83. The molecule has 1 fully saturated rings. The summed E-state index contributed by atoms with van der Waals surface area (Å²) in [5.74, 6) is 0.402. The molecule has 0 bridgehead atoms. The van der Waals surface area contributed by atoms with Gasteiger partial charge in [0, 0.05) is 13.0 Å². The Morgan fingerprint density at radius 1 is 1.35 bits per heavy atom. The highest BCUT2D eigenvalue weighted by Gasteiger charge is 2.37. The fourth-order valence-electron chi connectivity index (χ4n) is 3.27. The van der Waals surface area contributed by atoms with Gasteiger partial charge in [0.05, 0.1) is 27.2 Å². The molecule has 3 heteroatoms. The first-order valence-corrected chi connectivity index (χ1v) is 6.84. The van der Waals surface area contributed by atoms with E-state index < -0.39 is 0 Å². The number of piperazine rings is 1.